The Bertz CT molecular complexity index is 1300. The smallest absolute Gasteiger partial charge is 0.249 e. The van der Waals surface area contributed by atoms with Gasteiger partial charge in [0.25, 0.3) is 0 Å². The molecule has 0 fully saturated rings. The Balaban J connectivity index is 1.51. The fourth-order valence-corrected chi connectivity index (χ4v) is 3.48. The van der Waals surface area contributed by atoms with Crippen molar-refractivity contribution in [1.82, 2.24) is 19.9 Å². The van der Waals surface area contributed by atoms with Crippen molar-refractivity contribution in [2.24, 2.45) is 0 Å². The molecule has 3 aromatic heterocycles. The molecule has 0 unspecified atom stereocenters. The lowest BCUT2D eigenvalue weighted by Crippen LogP contribution is -2.09. The van der Waals surface area contributed by atoms with Crippen molar-refractivity contribution < 1.29 is 9.53 Å². The molecule has 0 saturated carbocycles. The number of benzene rings is 1. The first kappa shape index (κ1) is 22.3. The van der Waals surface area contributed by atoms with Crippen LogP contribution < -0.4 is 15.4 Å². The molecule has 3 heterocycles. The number of aromatic nitrogens is 4. The number of hydrogen-bond donors (Lipinski definition) is 2. The van der Waals surface area contributed by atoms with Crippen molar-refractivity contribution in [2.75, 3.05) is 10.6 Å². The molecule has 0 radical (unpaired) electrons. The Hall–Kier alpha value is -3.85. The molecule has 166 valence electrons. The Morgan fingerprint density at radius 2 is 2.03 bits per heavy atom. The van der Waals surface area contributed by atoms with Crippen LogP contribution in [0.15, 0.2) is 77.8 Å². The molecule has 0 aliphatic carbocycles. The molecule has 4 aromatic rings. The van der Waals surface area contributed by atoms with Crippen molar-refractivity contribution in [2.45, 2.75) is 20.0 Å². The van der Waals surface area contributed by atoms with Gasteiger partial charge in [0.1, 0.15) is 30.3 Å². The molecule has 0 aliphatic heterocycles. The van der Waals surface area contributed by atoms with Crippen LogP contribution in [0, 0.1) is 0 Å². The molecule has 8 nitrogen and oxygen atoms in total. The maximum Gasteiger partial charge on any atom is 0.249 e. The summed E-state index contributed by atoms with van der Waals surface area (Å²) in [6.45, 7) is 2.34. The van der Waals surface area contributed by atoms with Gasteiger partial charge in [-0.25, -0.2) is 15.0 Å². The minimum absolute atomic E-state index is 0.236. The molecular weight excluding hydrogens is 484 g/mol. The number of anilines is 3. The first-order valence-electron chi connectivity index (χ1n) is 10.3. The largest absolute Gasteiger partial charge is 0.486 e. The molecule has 0 saturated heterocycles. The number of halogens is 1. The Labute approximate surface area is 199 Å². The van der Waals surface area contributed by atoms with E-state index in [1.165, 1.54) is 12.4 Å². The van der Waals surface area contributed by atoms with Crippen LogP contribution in [0.4, 0.5) is 17.3 Å². The minimum Gasteiger partial charge on any atom is -0.486 e. The molecule has 0 bridgehead atoms. The zero-order valence-corrected chi connectivity index (χ0v) is 19.4. The number of rotatable bonds is 8. The third-order valence-corrected chi connectivity index (χ3v) is 5.19. The predicted octanol–water partition coefficient (Wildman–Crippen LogP) is 5.41. The maximum absolute atomic E-state index is 12.0. The summed E-state index contributed by atoms with van der Waals surface area (Å²) in [4.78, 5) is 29.1. The van der Waals surface area contributed by atoms with Gasteiger partial charge in [-0.3, -0.25) is 9.78 Å². The van der Waals surface area contributed by atoms with E-state index in [1.807, 2.05) is 43.3 Å². The van der Waals surface area contributed by atoms with E-state index in [9.17, 15) is 4.79 Å². The van der Waals surface area contributed by atoms with Gasteiger partial charge < -0.3 is 15.4 Å². The van der Waals surface area contributed by atoms with Crippen molar-refractivity contribution in [3.05, 3.63) is 83.5 Å². The van der Waals surface area contributed by atoms with Crippen LogP contribution in [-0.2, 0) is 11.4 Å². The second kappa shape index (κ2) is 10.6. The van der Waals surface area contributed by atoms with E-state index in [0.29, 0.717) is 29.5 Å². The summed E-state index contributed by atoms with van der Waals surface area (Å²) >= 11 is 3.56. The fourth-order valence-electron chi connectivity index (χ4n) is 2.99. The molecular formula is C24H21BrN6O2. The van der Waals surface area contributed by atoms with Gasteiger partial charge >= 0.3 is 0 Å². The van der Waals surface area contributed by atoms with Gasteiger partial charge in [-0.2, -0.15) is 0 Å². The van der Waals surface area contributed by atoms with E-state index in [4.69, 9.17) is 4.74 Å². The van der Waals surface area contributed by atoms with E-state index < -0.39 is 0 Å². The van der Waals surface area contributed by atoms with Crippen LogP contribution in [0.5, 0.6) is 5.75 Å². The molecule has 4 rings (SSSR count). The van der Waals surface area contributed by atoms with Crippen molar-refractivity contribution in [1.29, 1.82) is 0 Å². The number of fused-ring (bicyclic) bond motifs is 1. The number of pyridine rings is 2. The van der Waals surface area contributed by atoms with Gasteiger partial charge in [0.05, 0.1) is 21.9 Å². The summed E-state index contributed by atoms with van der Waals surface area (Å²) in [5.74, 6) is 1.48. The third-order valence-electron chi connectivity index (χ3n) is 4.57. The molecule has 33 heavy (non-hydrogen) atoms. The van der Waals surface area contributed by atoms with Crippen LogP contribution in [0.3, 0.4) is 0 Å². The van der Waals surface area contributed by atoms with Gasteiger partial charge in [-0.15, -0.1) is 0 Å². The van der Waals surface area contributed by atoms with Gasteiger partial charge in [-0.1, -0.05) is 19.1 Å². The topological polar surface area (TPSA) is 102 Å². The Kier molecular flexibility index (Phi) is 7.21. The van der Waals surface area contributed by atoms with Crippen LogP contribution in [0.1, 0.15) is 19.0 Å². The number of nitrogens with zero attached hydrogens (tertiary/aromatic N) is 4. The summed E-state index contributed by atoms with van der Waals surface area (Å²) in [5.41, 5.74) is 2.31. The highest BCUT2D eigenvalue weighted by Crippen LogP contribution is 2.31. The third kappa shape index (κ3) is 5.89. The zero-order valence-electron chi connectivity index (χ0n) is 17.8. The second-order valence-electron chi connectivity index (χ2n) is 6.99. The summed E-state index contributed by atoms with van der Waals surface area (Å²) in [7, 11) is 0. The maximum atomic E-state index is 12.0. The molecule has 0 aliphatic rings. The van der Waals surface area contributed by atoms with Gasteiger partial charge in [-0.05, 0) is 64.8 Å². The van der Waals surface area contributed by atoms with Gasteiger partial charge in [0.2, 0.25) is 5.91 Å². The highest BCUT2D eigenvalue weighted by atomic mass is 79.9. The van der Waals surface area contributed by atoms with Gasteiger partial charge in [0, 0.05) is 17.3 Å². The standard InChI is InChI=1S/C24H21BrN6O2/c1-2-3-7-23(32)31-22-12-18-20(13-27-22)28-15-29-24(18)30-16-8-9-21(19(25)11-16)33-14-17-6-4-5-10-26-17/h3-13,15H,2,14H2,1H3,(H,27,31,32)(H,28,29,30)/b7-3+. The Morgan fingerprint density at radius 3 is 2.82 bits per heavy atom. The van der Waals surface area contributed by atoms with Crippen molar-refractivity contribution >= 4 is 50.1 Å². The molecule has 0 atom stereocenters. The van der Waals surface area contributed by atoms with E-state index in [1.54, 1.807) is 24.5 Å². The summed E-state index contributed by atoms with van der Waals surface area (Å²) < 4.78 is 6.65. The Morgan fingerprint density at radius 1 is 1.12 bits per heavy atom. The minimum atomic E-state index is -0.236. The second-order valence-corrected chi connectivity index (χ2v) is 7.84. The monoisotopic (exact) mass is 504 g/mol. The molecule has 9 heteroatoms. The van der Waals surface area contributed by atoms with Crippen LogP contribution >= 0.6 is 15.9 Å². The summed E-state index contributed by atoms with van der Waals surface area (Å²) in [6.07, 6.45) is 8.86. The first-order valence-corrected chi connectivity index (χ1v) is 11.1. The molecule has 1 aromatic carbocycles. The predicted molar refractivity (Wildman–Crippen MR) is 131 cm³/mol. The number of carbonyl (C=O) groups excluding carboxylic acids is 1. The number of ether oxygens (including phenoxy) is 1. The molecule has 0 spiro atoms. The van der Waals surface area contributed by atoms with Crippen molar-refractivity contribution in [3.63, 3.8) is 0 Å². The van der Waals surface area contributed by atoms with E-state index >= 15 is 0 Å². The lowest BCUT2D eigenvalue weighted by molar-refractivity contribution is -0.111. The van der Waals surface area contributed by atoms with Crippen LogP contribution in [0.2, 0.25) is 0 Å². The highest BCUT2D eigenvalue weighted by molar-refractivity contribution is 9.10. The number of nitrogens with one attached hydrogen (secondary N) is 2. The quantitative estimate of drug-likeness (QED) is 0.309. The van der Waals surface area contributed by atoms with Gasteiger partial charge in [0.15, 0.2) is 0 Å². The van der Waals surface area contributed by atoms with Crippen LogP contribution in [0.25, 0.3) is 10.9 Å². The fraction of sp³-hybridized carbons (Fsp3) is 0.125. The summed E-state index contributed by atoms with van der Waals surface area (Å²) in [5, 5.41) is 6.79. The molecule has 2 N–H and O–H groups in total. The van der Waals surface area contributed by atoms with E-state index in [-0.39, 0.29) is 5.91 Å². The zero-order chi connectivity index (χ0) is 23.0. The lowest BCUT2D eigenvalue weighted by Gasteiger charge is -2.12. The number of hydrogen-bond acceptors (Lipinski definition) is 7. The number of amides is 1. The number of carbonyl (C=O) groups is 1. The van der Waals surface area contributed by atoms with E-state index in [0.717, 1.165) is 27.7 Å². The normalized spacial score (nSPS) is 11.0. The van der Waals surface area contributed by atoms with E-state index in [2.05, 4.69) is 46.5 Å². The summed E-state index contributed by atoms with van der Waals surface area (Å²) in [6, 6.07) is 13.1. The SMILES string of the molecule is CC/C=C/C(=O)Nc1cc2c(Nc3ccc(OCc4ccccn4)c(Br)c3)ncnc2cn1. The van der Waals surface area contributed by atoms with Crippen LogP contribution in [-0.4, -0.2) is 25.8 Å². The average molecular weight is 505 g/mol. The van der Waals surface area contributed by atoms with Crippen molar-refractivity contribution in [3.8, 4) is 5.75 Å². The first-order chi connectivity index (χ1) is 16.1. The lowest BCUT2D eigenvalue weighted by atomic mass is 10.2. The average Bonchev–Trinajstić information content (AvgIpc) is 2.83. The number of allylic oxidation sites excluding steroid dienone is 1. The highest BCUT2D eigenvalue weighted by Gasteiger charge is 2.10. The molecule has 1 amide bonds.